The maximum atomic E-state index is 12.1. The van der Waals surface area contributed by atoms with Crippen molar-refractivity contribution in [2.75, 3.05) is 5.32 Å². The number of hydrogen-bond acceptors (Lipinski definition) is 4. The SMILES string of the molecule is Cc1cc([C@H](C)NC(=O)C(=O)Nc2cnc3ccccc3c2)c(C)o1. The van der Waals surface area contributed by atoms with Gasteiger partial charge in [0.05, 0.1) is 23.4 Å². The molecule has 0 fully saturated rings. The summed E-state index contributed by atoms with van der Waals surface area (Å²) >= 11 is 0. The summed E-state index contributed by atoms with van der Waals surface area (Å²) in [7, 11) is 0. The highest BCUT2D eigenvalue weighted by molar-refractivity contribution is 6.39. The molecule has 0 saturated carbocycles. The molecule has 6 nitrogen and oxygen atoms in total. The number of anilines is 1. The number of hydrogen-bond donors (Lipinski definition) is 2. The third kappa shape index (κ3) is 3.68. The first kappa shape index (κ1) is 16.7. The van der Waals surface area contributed by atoms with Crippen LogP contribution in [0.15, 0.2) is 47.0 Å². The number of nitrogens with zero attached hydrogens (tertiary/aromatic N) is 1. The largest absolute Gasteiger partial charge is 0.466 e. The molecule has 6 heteroatoms. The van der Waals surface area contributed by atoms with E-state index in [-0.39, 0.29) is 6.04 Å². The highest BCUT2D eigenvalue weighted by Crippen LogP contribution is 2.21. The average Bonchev–Trinajstić information content (AvgIpc) is 2.93. The van der Waals surface area contributed by atoms with Crippen LogP contribution in [-0.2, 0) is 9.59 Å². The number of para-hydroxylation sites is 1. The van der Waals surface area contributed by atoms with E-state index in [9.17, 15) is 9.59 Å². The summed E-state index contributed by atoms with van der Waals surface area (Å²) in [6.45, 7) is 5.47. The zero-order valence-corrected chi connectivity index (χ0v) is 14.3. The summed E-state index contributed by atoms with van der Waals surface area (Å²) in [4.78, 5) is 28.5. The molecule has 0 bridgehead atoms. The molecule has 128 valence electrons. The number of aromatic nitrogens is 1. The molecule has 1 atom stereocenters. The normalized spacial score (nSPS) is 12.0. The Balaban J connectivity index is 1.67. The fourth-order valence-electron chi connectivity index (χ4n) is 2.75. The molecule has 1 aromatic carbocycles. The van der Waals surface area contributed by atoms with Gasteiger partial charge in [-0.25, -0.2) is 0 Å². The van der Waals surface area contributed by atoms with Gasteiger partial charge in [-0.3, -0.25) is 14.6 Å². The fourth-order valence-corrected chi connectivity index (χ4v) is 2.75. The van der Waals surface area contributed by atoms with Crippen LogP contribution in [0.2, 0.25) is 0 Å². The van der Waals surface area contributed by atoms with Crippen molar-refractivity contribution in [3.05, 3.63) is 59.7 Å². The summed E-state index contributed by atoms with van der Waals surface area (Å²) in [5.41, 5.74) is 2.15. The van der Waals surface area contributed by atoms with E-state index >= 15 is 0 Å². The minimum absolute atomic E-state index is 0.328. The molecule has 3 aromatic rings. The van der Waals surface area contributed by atoms with E-state index in [1.54, 1.807) is 13.0 Å². The van der Waals surface area contributed by atoms with Gasteiger partial charge in [-0.15, -0.1) is 0 Å². The minimum atomic E-state index is -0.734. The number of carbonyl (C=O) groups is 2. The van der Waals surface area contributed by atoms with E-state index in [0.29, 0.717) is 5.69 Å². The van der Waals surface area contributed by atoms with E-state index in [2.05, 4.69) is 15.6 Å². The molecular weight excluding hydrogens is 318 g/mol. The molecule has 2 aromatic heterocycles. The van der Waals surface area contributed by atoms with Crippen LogP contribution >= 0.6 is 0 Å². The first-order valence-corrected chi connectivity index (χ1v) is 7.97. The lowest BCUT2D eigenvalue weighted by Crippen LogP contribution is -2.37. The molecule has 0 spiro atoms. The van der Waals surface area contributed by atoms with Gasteiger partial charge in [-0.1, -0.05) is 18.2 Å². The Bertz CT molecular complexity index is 946. The Hall–Kier alpha value is -3.15. The van der Waals surface area contributed by atoms with Gasteiger partial charge in [0, 0.05) is 10.9 Å². The van der Waals surface area contributed by atoms with Crippen molar-refractivity contribution in [2.45, 2.75) is 26.8 Å². The quantitative estimate of drug-likeness (QED) is 0.719. The molecule has 0 aliphatic rings. The first-order valence-electron chi connectivity index (χ1n) is 7.97. The zero-order valence-electron chi connectivity index (χ0n) is 14.3. The number of aryl methyl sites for hydroxylation is 2. The number of furan rings is 1. The second kappa shape index (κ2) is 6.76. The summed E-state index contributed by atoms with van der Waals surface area (Å²) in [5.74, 6) is 0.0467. The predicted octanol–water partition coefficient (Wildman–Crippen LogP) is 3.26. The summed E-state index contributed by atoms with van der Waals surface area (Å²) in [6, 6.07) is 10.9. The lowest BCUT2D eigenvalue weighted by atomic mass is 10.1. The third-order valence-electron chi connectivity index (χ3n) is 3.95. The van der Waals surface area contributed by atoms with Gasteiger partial charge >= 0.3 is 11.8 Å². The molecule has 0 saturated heterocycles. The standard InChI is InChI=1S/C19H19N3O3/c1-11-8-16(13(3)25-11)12(2)21-18(23)19(24)22-15-9-14-6-4-5-7-17(14)20-10-15/h4-10,12H,1-3H3,(H,21,23)(H,22,24)/t12-/m0/s1. The topological polar surface area (TPSA) is 84.2 Å². The zero-order chi connectivity index (χ0) is 18.0. The van der Waals surface area contributed by atoms with Crippen LogP contribution in [0.25, 0.3) is 10.9 Å². The second-order valence-electron chi connectivity index (χ2n) is 5.93. The van der Waals surface area contributed by atoms with E-state index in [1.165, 1.54) is 6.20 Å². The van der Waals surface area contributed by atoms with Crippen LogP contribution in [0.1, 0.15) is 30.0 Å². The molecule has 2 heterocycles. The van der Waals surface area contributed by atoms with Crippen molar-refractivity contribution >= 4 is 28.4 Å². The summed E-state index contributed by atoms with van der Waals surface area (Å²) in [6.07, 6.45) is 1.53. The molecule has 0 aliphatic heterocycles. The number of nitrogens with one attached hydrogen (secondary N) is 2. The Morgan fingerprint density at radius 3 is 2.60 bits per heavy atom. The number of amides is 2. The Kier molecular flexibility index (Phi) is 4.52. The number of pyridine rings is 1. The Morgan fingerprint density at radius 2 is 1.88 bits per heavy atom. The van der Waals surface area contributed by atoms with Gasteiger partial charge in [0.25, 0.3) is 0 Å². The van der Waals surface area contributed by atoms with Crippen LogP contribution in [0, 0.1) is 13.8 Å². The van der Waals surface area contributed by atoms with Crippen LogP contribution in [-0.4, -0.2) is 16.8 Å². The van der Waals surface area contributed by atoms with Crippen molar-refractivity contribution in [3.8, 4) is 0 Å². The monoisotopic (exact) mass is 337 g/mol. The summed E-state index contributed by atoms with van der Waals surface area (Å²) in [5, 5.41) is 6.14. The lowest BCUT2D eigenvalue weighted by Gasteiger charge is -2.13. The summed E-state index contributed by atoms with van der Waals surface area (Å²) < 4.78 is 5.45. The molecule has 25 heavy (non-hydrogen) atoms. The van der Waals surface area contributed by atoms with Crippen molar-refractivity contribution in [2.24, 2.45) is 0 Å². The smallest absolute Gasteiger partial charge is 0.313 e. The Morgan fingerprint density at radius 1 is 1.12 bits per heavy atom. The van der Waals surface area contributed by atoms with Gasteiger partial charge in [0.15, 0.2) is 0 Å². The van der Waals surface area contributed by atoms with Crippen molar-refractivity contribution in [3.63, 3.8) is 0 Å². The van der Waals surface area contributed by atoms with Crippen LogP contribution in [0.3, 0.4) is 0 Å². The van der Waals surface area contributed by atoms with Gasteiger partial charge in [-0.2, -0.15) is 0 Å². The number of rotatable bonds is 3. The van der Waals surface area contributed by atoms with Crippen LogP contribution in [0.4, 0.5) is 5.69 Å². The third-order valence-corrected chi connectivity index (χ3v) is 3.95. The molecule has 2 amide bonds. The minimum Gasteiger partial charge on any atom is -0.466 e. The molecule has 3 rings (SSSR count). The molecule has 0 unspecified atom stereocenters. The molecular formula is C19H19N3O3. The van der Waals surface area contributed by atoms with Crippen molar-refractivity contribution < 1.29 is 14.0 Å². The van der Waals surface area contributed by atoms with Gasteiger partial charge in [0.1, 0.15) is 11.5 Å². The van der Waals surface area contributed by atoms with E-state index in [0.717, 1.165) is 28.0 Å². The van der Waals surface area contributed by atoms with E-state index in [4.69, 9.17) is 4.42 Å². The van der Waals surface area contributed by atoms with Gasteiger partial charge < -0.3 is 15.1 Å². The lowest BCUT2D eigenvalue weighted by molar-refractivity contribution is -0.136. The van der Waals surface area contributed by atoms with Crippen LogP contribution in [0.5, 0.6) is 0 Å². The fraction of sp³-hybridized carbons (Fsp3) is 0.211. The predicted molar refractivity (Wildman–Crippen MR) is 95.1 cm³/mol. The average molecular weight is 337 g/mol. The second-order valence-corrected chi connectivity index (χ2v) is 5.93. The van der Waals surface area contributed by atoms with Crippen molar-refractivity contribution in [1.82, 2.24) is 10.3 Å². The highest BCUT2D eigenvalue weighted by Gasteiger charge is 2.20. The molecule has 0 aliphatic carbocycles. The molecule has 0 radical (unpaired) electrons. The highest BCUT2D eigenvalue weighted by atomic mass is 16.3. The van der Waals surface area contributed by atoms with Gasteiger partial charge in [0.2, 0.25) is 0 Å². The number of benzene rings is 1. The number of fused-ring (bicyclic) bond motifs is 1. The van der Waals surface area contributed by atoms with E-state index < -0.39 is 11.8 Å². The number of carbonyl (C=O) groups excluding carboxylic acids is 2. The van der Waals surface area contributed by atoms with Crippen LogP contribution < -0.4 is 10.6 Å². The van der Waals surface area contributed by atoms with Gasteiger partial charge in [-0.05, 0) is 39.0 Å². The maximum Gasteiger partial charge on any atom is 0.313 e. The van der Waals surface area contributed by atoms with Crippen molar-refractivity contribution in [1.29, 1.82) is 0 Å². The Labute approximate surface area is 145 Å². The first-order chi connectivity index (χ1) is 11.9. The molecule has 2 N–H and O–H groups in total. The maximum absolute atomic E-state index is 12.1. The van der Waals surface area contributed by atoms with E-state index in [1.807, 2.05) is 44.2 Å².